The maximum Gasteiger partial charge on any atom is 0.159 e. The number of benzene rings is 1. The summed E-state index contributed by atoms with van der Waals surface area (Å²) in [5.74, 6) is 3.45. The SMILES string of the molecule is CCCCCCCCCCCCOc1ccc(-c2ncc(OCCCCCCC3CC3)cn2)cc1. The average molecular weight is 481 g/mol. The second-order valence-corrected chi connectivity index (χ2v) is 10.3. The Labute approximate surface area is 214 Å². The zero-order valence-corrected chi connectivity index (χ0v) is 22.2. The van der Waals surface area contributed by atoms with E-state index in [0.717, 1.165) is 54.9 Å². The third-order valence-electron chi connectivity index (χ3n) is 6.98. The number of ether oxygens (including phenoxy) is 2. The highest BCUT2D eigenvalue weighted by atomic mass is 16.5. The quantitative estimate of drug-likeness (QED) is 0.167. The van der Waals surface area contributed by atoms with E-state index < -0.39 is 0 Å². The minimum atomic E-state index is 0.721. The molecule has 0 unspecified atom stereocenters. The Balaban J connectivity index is 1.22. The molecule has 1 heterocycles. The van der Waals surface area contributed by atoms with E-state index in [1.54, 1.807) is 12.4 Å². The van der Waals surface area contributed by atoms with Gasteiger partial charge in [0.25, 0.3) is 0 Å². The lowest BCUT2D eigenvalue weighted by molar-refractivity contribution is 0.302. The molecular weight excluding hydrogens is 432 g/mol. The van der Waals surface area contributed by atoms with Crippen molar-refractivity contribution in [3.05, 3.63) is 36.7 Å². The van der Waals surface area contributed by atoms with Crippen LogP contribution in [0.2, 0.25) is 0 Å². The second kappa shape index (κ2) is 17.3. The fourth-order valence-corrected chi connectivity index (χ4v) is 4.50. The molecule has 0 amide bonds. The molecule has 0 radical (unpaired) electrons. The summed E-state index contributed by atoms with van der Waals surface area (Å²) < 4.78 is 11.7. The predicted molar refractivity (Wildman–Crippen MR) is 146 cm³/mol. The summed E-state index contributed by atoms with van der Waals surface area (Å²) in [6.07, 6.45) is 26.4. The third-order valence-corrected chi connectivity index (χ3v) is 6.98. The molecule has 2 aromatic rings. The van der Waals surface area contributed by atoms with E-state index in [1.165, 1.54) is 96.3 Å². The van der Waals surface area contributed by atoms with Crippen molar-refractivity contribution in [1.82, 2.24) is 9.97 Å². The zero-order chi connectivity index (χ0) is 24.4. The van der Waals surface area contributed by atoms with Gasteiger partial charge in [0.2, 0.25) is 0 Å². The van der Waals surface area contributed by atoms with Gasteiger partial charge in [-0.05, 0) is 43.0 Å². The van der Waals surface area contributed by atoms with Crippen molar-refractivity contribution in [2.75, 3.05) is 13.2 Å². The van der Waals surface area contributed by atoms with E-state index in [9.17, 15) is 0 Å². The van der Waals surface area contributed by atoms with Gasteiger partial charge in [0.05, 0.1) is 25.6 Å². The van der Waals surface area contributed by atoms with Crippen molar-refractivity contribution in [2.24, 2.45) is 5.92 Å². The lowest BCUT2D eigenvalue weighted by atomic mass is 10.1. The molecule has 4 nitrogen and oxygen atoms in total. The van der Waals surface area contributed by atoms with E-state index in [4.69, 9.17) is 9.47 Å². The van der Waals surface area contributed by atoms with Crippen LogP contribution in [0.15, 0.2) is 36.7 Å². The number of hydrogen-bond donors (Lipinski definition) is 0. The van der Waals surface area contributed by atoms with E-state index in [0.29, 0.717) is 0 Å². The maximum absolute atomic E-state index is 5.92. The van der Waals surface area contributed by atoms with Crippen LogP contribution in [0.4, 0.5) is 0 Å². The fourth-order valence-electron chi connectivity index (χ4n) is 4.50. The van der Waals surface area contributed by atoms with Crippen molar-refractivity contribution in [3.63, 3.8) is 0 Å². The third kappa shape index (κ3) is 12.4. The molecule has 0 saturated heterocycles. The van der Waals surface area contributed by atoms with Gasteiger partial charge in [-0.25, -0.2) is 9.97 Å². The van der Waals surface area contributed by atoms with Crippen LogP contribution in [0.1, 0.15) is 116 Å². The van der Waals surface area contributed by atoms with Crippen LogP contribution in [0.25, 0.3) is 11.4 Å². The van der Waals surface area contributed by atoms with Crippen molar-refractivity contribution in [2.45, 2.75) is 116 Å². The molecule has 194 valence electrons. The summed E-state index contributed by atoms with van der Waals surface area (Å²) in [5.41, 5.74) is 0.999. The van der Waals surface area contributed by atoms with Gasteiger partial charge in [-0.3, -0.25) is 0 Å². The first kappa shape index (κ1) is 27.5. The van der Waals surface area contributed by atoms with Gasteiger partial charge < -0.3 is 9.47 Å². The van der Waals surface area contributed by atoms with E-state index in [-0.39, 0.29) is 0 Å². The highest BCUT2D eigenvalue weighted by Crippen LogP contribution is 2.34. The molecule has 1 aromatic carbocycles. The Bertz CT molecular complexity index is 772. The summed E-state index contributed by atoms with van der Waals surface area (Å²) in [5, 5.41) is 0. The van der Waals surface area contributed by atoms with Crippen LogP contribution in [-0.4, -0.2) is 23.2 Å². The van der Waals surface area contributed by atoms with E-state index >= 15 is 0 Å². The summed E-state index contributed by atoms with van der Waals surface area (Å²) in [4.78, 5) is 8.98. The smallest absolute Gasteiger partial charge is 0.159 e. The van der Waals surface area contributed by atoms with Crippen LogP contribution in [0.3, 0.4) is 0 Å². The minimum absolute atomic E-state index is 0.721. The molecule has 1 aliphatic carbocycles. The first-order valence-corrected chi connectivity index (χ1v) is 14.5. The largest absolute Gasteiger partial charge is 0.494 e. The summed E-state index contributed by atoms with van der Waals surface area (Å²) in [6.45, 7) is 3.81. The Hall–Kier alpha value is -2.10. The Morgan fingerprint density at radius 1 is 0.629 bits per heavy atom. The first-order chi connectivity index (χ1) is 17.3. The van der Waals surface area contributed by atoms with Crippen LogP contribution in [0.5, 0.6) is 11.5 Å². The van der Waals surface area contributed by atoms with Crippen LogP contribution < -0.4 is 9.47 Å². The summed E-state index contributed by atoms with van der Waals surface area (Å²) in [6, 6.07) is 8.10. The number of nitrogens with zero attached hydrogens (tertiary/aromatic N) is 2. The van der Waals surface area contributed by atoms with Crippen molar-refractivity contribution < 1.29 is 9.47 Å². The van der Waals surface area contributed by atoms with Crippen LogP contribution in [0, 0.1) is 5.92 Å². The standard InChI is InChI=1S/C31H48N2O2/c1-2-3-4-5-6-7-8-9-11-14-23-34-29-21-19-28(20-22-29)31-32-25-30(26-33-31)35-24-15-12-10-13-16-27-17-18-27/h19-22,25-27H,2-18,23-24H2,1H3. The molecule has 35 heavy (non-hydrogen) atoms. The Morgan fingerprint density at radius 3 is 1.71 bits per heavy atom. The monoisotopic (exact) mass is 480 g/mol. The van der Waals surface area contributed by atoms with Gasteiger partial charge >= 0.3 is 0 Å². The zero-order valence-electron chi connectivity index (χ0n) is 22.2. The number of unbranched alkanes of at least 4 members (excludes halogenated alkanes) is 12. The Morgan fingerprint density at radius 2 is 1.14 bits per heavy atom. The van der Waals surface area contributed by atoms with Gasteiger partial charge in [0.15, 0.2) is 11.6 Å². The van der Waals surface area contributed by atoms with Gasteiger partial charge in [0.1, 0.15) is 5.75 Å². The molecular formula is C31H48N2O2. The lowest BCUT2D eigenvalue weighted by Gasteiger charge is -2.08. The minimum Gasteiger partial charge on any atom is -0.494 e. The topological polar surface area (TPSA) is 44.2 Å². The van der Waals surface area contributed by atoms with Gasteiger partial charge in [-0.2, -0.15) is 0 Å². The van der Waals surface area contributed by atoms with Crippen LogP contribution in [-0.2, 0) is 0 Å². The van der Waals surface area contributed by atoms with Gasteiger partial charge in [-0.15, -0.1) is 0 Å². The summed E-state index contributed by atoms with van der Waals surface area (Å²) >= 11 is 0. The highest BCUT2D eigenvalue weighted by molar-refractivity contribution is 5.56. The average Bonchev–Trinajstić information content (AvgIpc) is 3.72. The maximum atomic E-state index is 5.92. The molecule has 4 heteroatoms. The molecule has 3 rings (SSSR count). The molecule has 0 atom stereocenters. The molecule has 0 aliphatic heterocycles. The van der Waals surface area contributed by atoms with E-state index in [2.05, 4.69) is 16.9 Å². The van der Waals surface area contributed by atoms with Gasteiger partial charge in [0, 0.05) is 5.56 Å². The molecule has 1 fully saturated rings. The van der Waals surface area contributed by atoms with Gasteiger partial charge in [-0.1, -0.05) is 103 Å². The molecule has 0 N–H and O–H groups in total. The molecule has 0 spiro atoms. The van der Waals surface area contributed by atoms with E-state index in [1.807, 2.05) is 24.3 Å². The van der Waals surface area contributed by atoms with Crippen molar-refractivity contribution in [3.8, 4) is 22.9 Å². The molecule has 1 aromatic heterocycles. The molecule has 0 bridgehead atoms. The number of hydrogen-bond acceptors (Lipinski definition) is 4. The van der Waals surface area contributed by atoms with Crippen molar-refractivity contribution >= 4 is 0 Å². The predicted octanol–water partition coefficient (Wildman–Crippen LogP) is 9.18. The fraction of sp³-hybridized carbons (Fsp3) is 0.677. The number of rotatable bonds is 21. The second-order valence-electron chi connectivity index (χ2n) is 10.3. The Kier molecular flexibility index (Phi) is 13.6. The molecule has 1 saturated carbocycles. The summed E-state index contributed by atoms with van der Waals surface area (Å²) in [7, 11) is 0. The van der Waals surface area contributed by atoms with Crippen LogP contribution >= 0.6 is 0 Å². The molecule has 1 aliphatic rings. The number of aromatic nitrogens is 2. The normalized spacial score (nSPS) is 13.2. The first-order valence-electron chi connectivity index (χ1n) is 14.5. The van der Waals surface area contributed by atoms with Crippen molar-refractivity contribution in [1.29, 1.82) is 0 Å². The highest BCUT2D eigenvalue weighted by Gasteiger charge is 2.19. The lowest BCUT2D eigenvalue weighted by Crippen LogP contribution is -1.99.